The third-order valence-corrected chi connectivity index (χ3v) is 3.25. The lowest BCUT2D eigenvalue weighted by Crippen LogP contribution is -2.25. The highest BCUT2D eigenvalue weighted by atomic mass is 19.1. The lowest BCUT2D eigenvalue weighted by molar-refractivity contribution is -0.118. The van der Waals surface area contributed by atoms with E-state index in [2.05, 4.69) is 0 Å². The van der Waals surface area contributed by atoms with E-state index in [1.54, 1.807) is 13.8 Å². The summed E-state index contributed by atoms with van der Waals surface area (Å²) in [6, 6.07) is 0. The van der Waals surface area contributed by atoms with E-state index in [0.717, 1.165) is 18.9 Å². The summed E-state index contributed by atoms with van der Waals surface area (Å²) >= 11 is 0. The molecule has 0 bridgehead atoms. The summed E-state index contributed by atoms with van der Waals surface area (Å²) in [5, 5.41) is 9.64. The molecule has 0 atom stereocenters. The van der Waals surface area contributed by atoms with Crippen LogP contribution < -0.4 is 0 Å². The minimum Gasteiger partial charge on any atom is -0.509 e. The third kappa shape index (κ3) is 3.62. The van der Waals surface area contributed by atoms with Crippen LogP contribution in [0.2, 0.25) is 0 Å². The molecule has 0 aromatic heterocycles. The first kappa shape index (κ1) is 15.1. The highest BCUT2D eigenvalue weighted by Gasteiger charge is 2.31. The van der Waals surface area contributed by atoms with Gasteiger partial charge in [0.15, 0.2) is 11.5 Å². The van der Waals surface area contributed by atoms with E-state index < -0.39 is 11.4 Å². The van der Waals surface area contributed by atoms with Gasteiger partial charge in [-0.3, -0.25) is 4.79 Å². The smallest absolute Gasteiger partial charge is 0.166 e. The van der Waals surface area contributed by atoms with E-state index in [1.807, 2.05) is 13.8 Å². The highest BCUT2D eigenvalue weighted by Crippen LogP contribution is 2.28. The number of hydrogen-bond acceptors (Lipinski definition) is 2. The molecule has 0 rings (SSSR count). The van der Waals surface area contributed by atoms with Crippen molar-refractivity contribution in [2.75, 3.05) is 0 Å². The average Bonchev–Trinajstić information content (AvgIpc) is 2.29. The Hall–Kier alpha value is -0.860. The van der Waals surface area contributed by atoms with Crippen molar-refractivity contribution in [2.24, 2.45) is 5.92 Å². The van der Waals surface area contributed by atoms with Crippen molar-refractivity contribution in [2.45, 2.75) is 59.0 Å². The van der Waals surface area contributed by atoms with E-state index in [0.29, 0.717) is 0 Å². The maximum absolute atomic E-state index is 14.0. The second-order valence-corrected chi connectivity index (χ2v) is 4.12. The zero-order valence-electron chi connectivity index (χ0n) is 10.7. The van der Waals surface area contributed by atoms with E-state index in [1.165, 1.54) is 0 Å². The first-order chi connectivity index (χ1) is 7.45. The number of carbonyl (C=O) groups is 1. The molecule has 2 nitrogen and oxygen atoms in total. The molecule has 0 aromatic carbocycles. The molecule has 0 spiro atoms. The van der Waals surface area contributed by atoms with Gasteiger partial charge >= 0.3 is 0 Å². The van der Waals surface area contributed by atoms with Crippen molar-refractivity contribution in [3.8, 4) is 0 Å². The van der Waals surface area contributed by atoms with Gasteiger partial charge in [-0.05, 0) is 25.7 Å². The summed E-state index contributed by atoms with van der Waals surface area (Å²) < 4.78 is 14.0. The fraction of sp³-hybridized carbons (Fsp3) is 0.769. The van der Waals surface area contributed by atoms with Gasteiger partial charge < -0.3 is 5.11 Å². The Labute approximate surface area is 97.6 Å². The molecule has 0 aliphatic carbocycles. The van der Waals surface area contributed by atoms with Crippen LogP contribution in [0.4, 0.5) is 4.39 Å². The average molecular weight is 230 g/mol. The van der Waals surface area contributed by atoms with Crippen LogP contribution in [-0.2, 0) is 4.79 Å². The first-order valence-electron chi connectivity index (χ1n) is 6.08. The van der Waals surface area contributed by atoms with Crippen LogP contribution in [0.25, 0.3) is 0 Å². The minimum atomic E-state index is -1.75. The molecule has 0 aliphatic rings. The number of alkyl halides is 1. The van der Waals surface area contributed by atoms with Gasteiger partial charge in [-0.25, -0.2) is 4.39 Å². The Balaban J connectivity index is 4.82. The molecule has 0 fully saturated rings. The molecule has 0 aromatic rings. The molecule has 16 heavy (non-hydrogen) atoms. The SMILES string of the molecule is CCC(CC)C(=O)C=C(O)C(F)(CC)CC. The van der Waals surface area contributed by atoms with E-state index in [-0.39, 0.29) is 24.5 Å². The van der Waals surface area contributed by atoms with Crippen molar-refractivity contribution >= 4 is 5.78 Å². The number of aliphatic hydroxyl groups is 1. The van der Waals surface area contributed by atoms with E-state index >= 15 is 0 Å². The van der Waals surface area contributed by atoms with Crippen LogP contribution in [-0.4, -0.2) is 16.6 Å². The predicted molar refractivity (Wildman–Crippen MR) is 64.2 cm³/mol. The number of halogens is 1. The summed E-state index contributed by atoms with van der Waals surface area (Å²) in [6.07, 6.45) is 2.88. The summed E-state index contributed by atoms with van der Waals surface area (Å²) in [7, 11) is 0. The topological polar surface area (TPSA) is 37.3 Å². The second kappa shape index (κ2) is 6.66. The maximum atomic E-state index is 14.0. The van der Waals surface area contributed by atoms with Crippen LogP contribution in [0.3, 0.4) is 0 Å². The Kier molecular flexibility index (Phi) is 6.31. The van der Waals surface area contributed by atoms with Crippen LogP contribution in [0.5, 0.6) is 0 Å². The van der Waals surface area contributed by atoms with Gasteiger partial charge in [-0.2, -0.15) is 0 Å². The largest absolute Gasteiger partial charge is 0.509 e. The molecule has 0 amide bonds. The zero-order valence-corrected chi connectivity index (χ0v) is 10.7. The molecule has 94 valence electrons. The summed E-state index contributed by atoms with van der Waals surface area (Å²) in [6.45, 7) is 7.16. The fourth-order valence-corrected chi connectivity index (χ4v) is 1.69. The molecular weight excluding hydrogens is 207 g/mol. The van der Waals surface area contributed by atoms with Gasteiger partial charge in [-0.1, -0.05) is 27.7 Å². The standard InChI is InChI=1S/C13H23FO2/c1-5-10(6-2)11(15)9-12(16)13(14,7-3)8-4/h9-10,16H,5-8H2,1-4H3. The van der Waals surface area contributed by atoms with Gasteiger partial charge in [0.1, 0.15) is 5.76 Å². The van der Waals surface area contributed by atoms with Crippen molar-refractivity contribution in [1.29, 1.82) is 0 Å². The number of allylic oxidation sites excluding steroid dienone is 2. The van der Waals surface area contributed by atoms with Crippen LogP contribution in [0, 0.1) is 5.92 Å². The molecule has 0 heterocycles. The van der Waals surface area contributed by atoms with Crippen molar-refractivity contribution in [1.82, 2.24) is 0 Å². The predicted octanol–water partition coefficient (Wildman–Crippen LogP) is 3.96. The molecule has 0 saturated carbocycles. The first-order valence-corrected chi connectivity index (χ1v) is 6.08. The van der Waals surface area contributed by atoms with Crippen LogP contribution in [0.1, 0.15) is 53.4 Å². The molecule has 3 heteroatoms. The number of carbonyl (C=O) groups excluding carboxylic acids is 1. The molecule has 0 aliphatic heterocycles. The fourth-order valence-electron chi connectivity index (χ4n) is 1.69. The van der Waals surface area contributed by atoms with Crippen LogP contribution in [0.15, 0.2) is 11.8 Å². The number of aliphatic hydroxyl groups excluding tert-OH is 1. The molecule has 0 radical (unpaired) electrons. The lowest BCUT2D eigenvalue weighted by atomic mass is 9.92. The van der Waals surface area contributed by atoms with Gasteiger partial charge in [0.05, 0.1) is 0 Å². The maximum Gasteiger partial charge on any atom is 0.166 e. The number of hydrogen-bond donors (Lipinski definition) is 1. The Bertz CT molecular complexity index is 251. The Morgan fingerprint density at radius 2 is 1.69 bits per heavy atom. The normalized spacial score (nSPS) is 13.2. The molecule has 0 unspecified atom stereocenters. The van der Waals surface area contributed by atoms with Crippen LogP contribution >= 0.6 is 0 Å². The molecule has 0 saturated heterocycles. The lowest BCUT2D eigenvalue weighted by Gasteiger charge is -2.21. The van der Waals surface area contributed by atoms with Crippen molar-refractivity contribution in [3.05, 3.63) is 11.8 Å². The second-order valence-electron chi connectivity index (χ2n) is 4.12. The zero-order chi connectivity index (χ0) is 12.8. The summed E-state index contributed by atoms with van der Waals surface area (Å²) in [4.78, 5) is 11.7. The van der Waals surface area contributed by atoms with Crippen molar-refractivity contribution < 1.29 is 14.3 Å². The number of rotatable bonds is 7. The Morgan fingerprint density at radius 1 is 1.25 bits per heavy atom. The summed E-state index contributed by atoms with van der Waals surface area (Å²) in [5.41, 5.74) is -1.75. The third-order valence-electron chi connectivity index (χ3n) is 3.25. The van der Waals surface area contributed by atoms with Gasteiger partial charge in [-0.15, -0.1) is 0 Å². The van der Waals surface area contributed by atoms with E-state index in [9.17, 15) is 14.3 Å². The summed E-state index contributed by atoms with van der Waals surface area (Å²) in [5.74, 6) is -0.707. The van der Waals surface area contributed by atoms with E-state index in [4.69, 9.17) is 0 Å². The monoisotopic (exact) mass is 230 g/mol. The molecule has 1 N–H and O–H groups in total. The van der Waals surface area contributed by atoms with Crippen molar-refractivity contribution in [3.63, 3.8) is 0 Å². The van der Waals surface area contributed by atoms with Gasteiger partial charge in [0.2, 0.25) is 0 Å². The quantitative estimate of drug-likeness (QED) is 0.531. The number of ketones is 1. The highest BCUT2D eigenvalue weighted by molar-refractivity contribution is 5.92. The van der Waals surface area contributed by atoms with Gasteiger partial charge in [0.25, 0.3) is 0 Å². The Morgan fingerprint density at radius 3 is 2.00 bits per heavy atom. The molecular formula is C13H23FO2. The van der Waals surface area contributed by atoms with Gasteiger partial charge in [0, 0.05) is 12.0 Å². The minimum absolute atomic E-state index is 0.111.